The third kappa shape index (κ3) is 2.59. The second kappa shape index (κ2) is 5.67. The Kier molecular flexibility index (Phi) is 3.66. The van der Waals surface area contributed by atoms with Gasteiger partial charge in [0.25, 0.3) is 5.91 Å². The first kappa shape index (κ1) is 16.8. The number of aliphatic imine (C=N–C) groups is 1. The van der Waals surface area contributed by atoms with Crippen LogP contribution in [0.4, 0.5) is 5.69 Å². The Hall–Kier alpha value is -2.67. The summed E-state index contributed by atoms with van der Waals surface area (Å²) in [6.07, 6.45) is 8.92. The number of pyridine rings is 1. The second-order valence-electron chi connectivity index (χ2n) is 7.62. The van der Waals surface area contributed by atoms with Crippen LogP contribution < -0.4 is 11.1 Å². The summed E-state index contributed by atoms with van der Waals surface area (Å²) in [5, 5.41) is 2.82. The molecule has 4 heterocycles. The van der Waals surface area contributed by atoms with Crippen LogP contribution in [0.15, 0.2) is 35.2 Å². The van der Waals surface area contributed by atoms with Gasteiger partial charge < -0.3 is 20.2 Å². The summed E-state index contributed by atoms with van der Waals surface area (Å²) in [6.45, 7) is 4.88. The first-order chi connectivity index (χ1) is 12.3. The fraction of sp³-hybridized carbons (Fsp3) is 0.421. The smallest absolute Gasteiger partial charge is 0.271 e. The number of nitrogens with two attached hydrogens (primary N) is 1. The summed E-state index contributed by atoms with van der Waals surface area (Å²) in [6, 6.07) is 1.90. The lowest BCUT2D eigenvalue weighted by Gasteiger charge is -2.41. The van der Waals surface area contributed by atoms with Crippen LogP contribution >= 0.6 is 0 Å². The van der Waals surface area contributed by atoms with Gasteiger partial charge in [-0.1, -0.05) is 0 Å². The molecule has 7 heteroatoms. The minimum absolute atomic E-state index is 0.0234. The fourth-order valence-corrected chi connectivity index (χ4v) is 4.18. The van der Waals surface area contributed by atoms with Crippen molar-refractivity contribution in [2.24, 2.45) is 10.7 Å². The number of hydrogen-bond donors (Lipinski definition) is 2. The van der Waals surface area contributed by atoms with Crippen molar-refractivity contribution in [3.8, 4) is 0 Å². The Morgan fingerprint density at radius 1 is 1.46 bits per heavy atom. The van der Waals surface area contributed by atoms with Crippen molar-refractivity contribution >= 4 is 23.5 Å². The lowest BCUT2D eigenvalue weighted by Crippen LogP contribution is -2.45. The van der Waals surface area contributed by atoms with Crippen molar-refractivity contribution in [2.75, 3.05) is 19.0 Å². The minimum atomic E-state index is -0.360. The molecular formula is C19H23N5O2. The fourth-order valence-electron chi connectivity index (χ4n) is 4.18. The van der Waals surface area contributed by atoms with Crippen molar-refractivity contribution in [1.29, 1.82) is 0 Å². The standard InChI is InChI=1S/C19H23N5O2/c1-12-6-13(22-17(25)14(20)4-5-21-3)7-24-8-15(23-16(12)24)19-9-18(2,10-19)26-11-19/h4-8H,9-11,20H2,1-3H3,(H,22,25)/b14-4-,21-5?. The van der Waals surface area contributed by atoms with E-state index in [1.165, 1.54) is 12.3 Å². The van der Waals surface area contributed by atoms with E-state index in [2.05, 4.69) is 23.4 Å². The molecule has 1 saturated carbocycles. The number of hydrogen-bond acceptors (Lipinski definition) is 5. The summed E-state index contributed by atoms with van der Waals surface area (Å²) in [7, 11) is 1.62. The molecule has 2 aromatic rings. The number of rotatable bonds is 4. The van der Waals surface area contributed by atoms with Crippen LogP contribution in [-0.4, -0.2) is 40.8 Å². The largest absolute Gasteiger partial charge is 0.394 e. The highest BCUT2D eigenvalue weighted by Gasteiger charge is 2.61. The molecule has 2 aromatic heterocycles. The van der Waals surface area contributed by atoms with Crippen LogP contribution in [-0.2, 0) is 14.9 Å². The molecule has 0 atom stereocenters. The number of carbonyl (C=O) groups excluding carboxylic acids is 1. The first-order valence-corrected chi connectivity index (χ1v) is 8.67. The minimum Gasteiger partial charge on any atom is -0.394 e. The zero-order chi connectivity index (χ0) is 18.5. The summed E-state index contributed by atoms with van der Waals surface area (Å²) >= 11 is 0. The van der Waals surface area contributed by atoms with E-state index in [0.717, 1.165) is 36.4 Å². The van der Waals surface area contributed by atoms with Crippen LogP contribution in [0.1, 0.15) is 31.0 Å². The molecule has 0 radical (unpaired) electrons. The van der Waals surface area contributed by atoms with Gasteiger partial charge >= 0.3 is 0 Å². The zero-order valence-corrected chi connectivity index (χ0v) is 15.2. The van der Waals surface area contributed by atoms with Gasteiger partial charge in [0.1, 0.15) is 5.65 Å². The van der Waals surface area contributed by atoms with Gasteiger partial charge in [-0.3, -0.25) is 9.79 Å². The summed E-state index contributed by atoms with van der Waals surface area (Å²) < 4.78 is 7.86. The van der Waals surface area contributed by atoms with E-state index >= 15 is 0 Å². The molecule has 2 saturated heterocycles. The Morgan fingerprint density at radius 3 is 2.88 bits per heavy atom. The van der Waals surface area contributed by atoms with Crippen molar-refractivity contribution < 1.29 is 9.53 Å². The van der Waals surface area contributed by atoms with Gasteiger partial charge in [-0.25, -0.2) is 4.98 Å². The average molecular weight is 353 g/mol. The van der Waals surface area contributed by atoms with E-state index in [0.29, 0.717) is 5.69 Å². The molecule has 5 rings (SSSR count). The number of ether oxygens (including phenoxy) is 1. The summed E-state index contributed by atoms with van der Waals surface area (Å²) in [4.78, 5) is 20.8. The number of nitrogens with zero attached hydrogens (tertiary/aromatic N) is 3. The Balaban J connectivity index is 1.62. The van der Waals surface area contributed by atoms with E-state index < -0.39 is 0 Å². The number of allylic oxidation sites excluding steroid dienone is 1. The zero-order valence-electron chi connectivity index (χ0n) is 15.2. The maximum absolute atomic E-state index is 12.2. The Bertz CT molecular complexity index is 950. The van der Waals surface area contributed by atoms with E-state index in [4.69, 9.17) is 15.5 Å². The number of carbonyl (C=O) groups is 1. The number of aromatic nitrogens is 2. The molecule has 0 unspecified atom stereocenters. The molecule has 2 aliphatic heterocycles. The highest BCUT2D eigenvalue weighted by molar-refractivity contribution is 6.05. The molecule has 0 spiro atoms. The number of imidazole rings is 1. The van der Waals surface area contributed by atoms with E-state index in [1.54, 1.807) is 7.05 Å². The van der Waals surface area contributed by atoms with Gasteiger partial charge in [0.05, 0.1) is 29.3 Å². The van der Waals surface area contributed by atoms with E-state index in [9.17, 15) is 4.79 Å². The highest BCUT2D eigenvalue weighted by Crippen LogP contribution is 2.58. The predicted molar refractivity (Wildman–Crippen MR) is 101 cm³/mol. The molecule has 1 aliphatic carbocycles. The van der Waals surface area contributed by atoms with Crippen LogP contribution in [0, 0.1) is 6.92 Å². The molecule has 3 fully saturated rings. The van der Waals surface area contributed by atoms with Crippen molar-refractivity contribution in [1.82, 2.24) is 9.38 Å². The SMILES string of the molecule is CN=C/C=C(\N)C(=O)Nc1cc(C)c2nc(C34COC(C)(C3)C4)cn2c1. The van der Waals surface area contributed by atoms with Gasteiger partial charge in [0, 0.05) is 31.1 Å². The van der Waals surface area contributed by atoms with E-state index in [1.807, 2.05) is 23.6 Å². The van der Waals surface area contributed by atoms with Gasteiger partial charge in [0.15, 0.2) is 0 Å². The molecule has 3 aliphatic rings. The average Bonchev–Trinajstić information content (AvgIpc) is 3.23. The normalized spacial score (nSPS) is 27.9. The quantitative estimate of drug-likeness (QED) is 0.649. The predicted octanol–water partition coefficient (Wildman–Crippen LogP) is 1.94. The summed E-state index contributed by atoms with van der Waals surface area (Å²) in [5.74, 6) is -0.360. The molecular weight excluding hydrogens is 330 g/mol. The molecule has 26 heavy (non-hydrogen) atoms. The Morgan fingerprint density at radius 2 is 2.23 bits per heavy atom. The Labute approximate surface area is 152 Å². The number of fused-ring (bicyclic) bond motifs is 2. The van der Waals surface area contributed by atoms with Crippen LogP contribution in [0.3, 0.4) is 0 Å². The number of anilines is 1. The van der Waals surface area contributed by atoms with Crippen molar-refractivity contribution in [3.05, 3.63) is 41.5 Å². The number of nitrogens with one attached hydrogen (secondary N) is 1. The molecule has 136 valence electrons. The highest BCUT2D eigenvalue weighted by atomic mass is 16.5. The number of amides is 1. The maximum Gasteiger partial charge on any atom is 0.271 e. The lowest BCUT2D eigenvalue weighted by molar-refractivity contribution is -0.112. The maximum atomic E-state index is 12.2. The molecule has 3 N–H and O–H groups in total. The molecule has 7 nitrogen and oxygen atoms in total. The van der Waals surface area contributed by atoms with Gasteiger partial charge in [-0.05, 0) is 44.4 Å². The topological polar surface area (TPSA) is 94.0 Å². The first-order valence-electron chi connectivity index (χ1n) is 8.67. The molecule has 1 amide bonds. The lowest BCUT2D eigenvalue weighted by atomic mass is 9.62. The number of aryl methyl sites for hydroxylation is 1. The van der Waals surface area contributed by atoms with Crippen LogP contribution in [0.5, 0.6) is 0 Å². The summed E-state index contributed by atoms with van der Waals surface area (Å²) in [5.41, 5.74) is 9.55. The van der Waals surface area contributed by atoms with Gasteiger partial charge in [0.2, 0.25) is 0 Å². The monoisotopic (exact) mass is 353 g/mol. The molecule has 2 bridgehead atoms. The third-order valence-corrected chi connectivity index (χ3v) is 5.32. The van der Waals surface area contributed by atoms with Crippen LogP contribution in [0.2, 0.25) is 0 Å². The third-order valence-electron chi connectivity index (χ3n) is 5.32. The van der Waals surface area contributed by atoms with Crippen LogP contribution in [0.25, 0.3) is 5.65 Å². The van der Waals surface area contributed by atoms with Crippen molar-refractivity contribution in [2.45, 2.75) is 37.7 Å². The van der Waals surface area contributed by atoms with E-state index in [-0.39, 0.29) is 22.6 Å². The van der Waals surface area contributed by atoms with Crippen molar-refractivity contribution in [3.63, 3.8) is 0 Å². The van der Waals surface area contributed by atoms with Gasteiger partial charge in [-0.2, -0.15) is 0 Å². The van der Waals surface area contributed by atoms with Gasteiger partial charge in [-0.15, -0.1) is 0 Å². The second-order valence-corrected chi connectivity index (χ2v) is 7.62. The molecule has 0 aromatic carbocycles.